The SMILES string of the molecule is Cc1ccc2c(Nc3ncnc(NN4CCN(C)CC4)c3N)cccc2n1. The molecule has 2 aromatic heterocycles. The molecule has 3 aromatic rings. The van der Waals surface area contributed by atoms with Crippen molar-refractivity contribution in [1.82, 2.24) is 24.9 Å². The highest BCUT2D eigenvalue weighted by atomic mass is 15.5. The summed E-state index contributed by atoms with van der Waals surface area (Å²) in [4.78, 5) is 15.5. The number of hydrogen-bond acceptors (Lipinski definition) is 8. The number of fused-ring (bicyclic) bond motifs is 1. The molecule has 1 aromatic carbocycles. The summed E-state index contributed by atoms with van der Waals surface area (Å²) in [6, 6.07) is 10.0. The lowest BCUT2D eigenvalue weighted by atomic mass is 10.1. The number of nitrogens with one attached hydrogen (secondary N) is 2. The summed E-state index contributed by atoms with van der Waals surface area (Å²) in [5, 5.41) is 6.49. The Labute approximate surface area is 158 Å². The van der Waals surface area contributed by atoms with E-state index in [0.29, 0.717) is 17.3 Å². The van der Waals surface area contributed by atoms with E-state index in [1.54, 1.807) is 0 Å². The van der Waals surface area contributed by atoms with Crippen molar-refractivity contribution < 1.29 is 0 Å². The molecule has 0 amide bonds. The fourth-order valence-electron chi connectivity index (χ4n) is 3.15. The molecule has 1 saturated heterocycles. The van der Waals surface area contributed by atoms with Gasteiger partial charge in [0.05, 0.1) is 5.52 Å². The number of benzene rings is 1. The third kappa shape index (κ3) is 3.76. The van der Waals surface area contributed by atoms with Crippen LogP contribution < -0.4 is 16.5 Å². The Hall–Kier alpha value is -2.97. The van der Waals surface area contributed by atoms with Crippen LogP contribution in [0.15, 0.2) is 36.7 Å². The van der Waals surface area contributed by atoms with Crippen LogP contribution in [0.3, 0.4) is 0 Å². The van der Waals surface area contributed by atoms with Crippen molar-refractivity contribution in [2.45, 2.75) is 6.92 Å². The zero-order chi connectivity index (χ0) is 18.8. The lowest BCUT2D eigenvalue weighted by Crippen LogP contribution is -2.47. The third-order valence-corrected chi connectivity index (χ3v) is 4.78. The first kappa shape index (κ1) is 17.4. The van der Waals surface area contributed by atoms with Gasteiger partial charge in [-0.25, -0.2) is 15.0 Å². The maximum atomic E-state index is 6.34. The normalized spacial score (nSPS) is 15.8. The number of nitrogens with zero attached hydrogens (tertiary/aromatic N) is 5. The molecule has 8 heteroatoms. The van der Waals surface area contributed by atoms with Gasteiger partial charge in [0.1, 0.15) is 12.0 Å². The Morgan fingerprint density at radius 3 is 2.59 bits per heavy atom. The van der Waals surface area contributed by atoms with Gasteiger partial charge in [-0.05, 0) is 38.2 Å². The fraction of sp³-hybridized carbons (Fsp3) is 0.316. The predicted molar refractivity (Wildman–Crippen MR) is 109 cm³/mol. The minimum absolute atomic E-state index is 0.494. The van der Waals surface area contributed by atoms with E-state index in [0.717, 1.165) is 48.5 Å². The van der Waals surface area contributed by atoms with E-state index in [1.165, 1.54) is 6.33 Å². The van der Waals surface area contributed by atoms with Gasteiger partial charge in [-0.2, -0.15) is 0 Å². The minimum Gasteiger partial charge on any atom is -0.393 e. The second kappa shape index (κ2) is 7.34. The Kier molecular flexibility index (Phi) is 4.74. The van der Waals surface area contributed by atoms with Gasteiger partial charge in [0.15, 0.2) is 11.6 Å². The molecule has 0 radical (unpaired) electrons. The van der Waals surface area contributed by atoms with E-state index in [9.17, 15) is 0 Å². The van der Waals surface area contributed by atoms with Crippen molar-refractivity contribution in [2.75, 3.05) is 49.7 Å². The first-order valence-corrected chi connectivity index (χ1v) is 9.04. The smallest absolute Gasteiger partial charge is 0.169 e. The topological polar surface area (TPSA) is 95.2 Å². The molecule has 3 heterocycles. The monoisotopic (exact) mass is 364 g/mol. The molecule has 0 bridgehead atoms. The Bertz CT molecular complexity index is 950. The Morgan fingerprint density at radius 1 is 1.00 bits per heavy atom. The highest BCUT2D eigenvalue weighted by Crippen LogP contribution is 2.30. The molecule has 4 rings (SSSR count). The third-order valence-electron chi connectivity index (χ3n) is 4.78. The Balaban J connectivity index is 1.58. The van der Waals surface area contributed by atoms with Crippen molar-refractivity contribution in [1.29, 1.82) is 0 Å². The van der Waals surface area contributed by atoms with E-state index < -0.39 is 0 Å². The largest absolute Gasteiger partial charge is 0.393 e. The number of nitrogen functional groups attached to an aromatic ring is 1. The molecule has 0 spiro atoms. The predicted octanol–water partition coefficient (Wildman–Crippen LogP) is 2.23. The maximum Gasteiger partial charge on any atom is 0.169 e. The summed E-state index contributed by atoms with van der Waals surface area (Å²) in [5.74, 6) is 1.20. The molecular formula is C19H24N8. The van der Waals surface area contributed by atoms with Gasteiger partial charge < -0.3 is 21.4 Å². The first-order chi connectivity index (χ1) is 13.1. The summed E-state index contributed by atoms with van der Waals surface area (Å²) < 4.78 is 0. The summed E-state index contributed by atoms with van der Waals surface area (Å²) in [7, 11) is 2.12. The number of likely N-dealkylation sites (N-methyl/N-ethyl adjacent to an activating group) is 1. The standard InChI is InChI=1S/C19H24N8/c1-13-6-7-14-15(23-13)4-3-5-16(14)24-18-17(20)19(22-12-21-18)25-27-10-8-26(2)9-11-27/h3-7,12H,8-11,20H2,1-2H3,(H2,21,22,24,25). The van der Waals surface area contributed by atoms with Crippen LogP contribution in [0, 0.1) is 6.92 Å². The lowest BCUT2D eigenvalue weighted by Gasteiger charge is -2.33. The number of anilines is 4. The molecule has 8 nitrogen and oxygen atoms in total. The van der Waals surface area contributed by atoms with Gasteiger partial charge in [-0.15, -0.1) is 0 Å². The molecule has 0 unspecified atom stereocenters. The van der Waals surface area contributed by atoms with Gasteiger partial charge in [-0.3, -0.25) is 4.98 Å². The number of rotatable bonds is 4. The zero-order valence-electron chi connectivity index (χ0n) is 15.6. The summed E-state index contributed by atoms with van der Waals surface area (Å²) in [6.45, 7) is 5.82. The number of aryl methyl sites for hydroxylation is 1. The number of nitrogens with two attached hydrogens (primary N) is 1. The van der Waals surface area contributed by atoms with Gasteiger partial charge >= 0.3 is 0 Å². The molecule has 1 fully saturated rings. The maximum absolute atomic E-state index is 6.34. The summed E-state index contributed by atoms with van der Waals surface area (Å²) in [6.07, 6.45) is 1.52. The number of piperazine rings is 1. The van der Waals surface area contributed by atoms with Crippen LogP contribution in [0.25, 0.3) is 10.9 Å². The molecule has 1 aliphatic heterocycles. The molecule has 0 atom stereocenters. The van der Waals surface area contributed by atoms with Crippen LogP contribution >= 0.6 is 0 Å². The first-order valence-electron chi connectivity index (χ1n) is 9.04. The van der Waals surface area contributed by atoms with E-state index in [-0.39, 0.29) is 0 Å². The molecule has 140 valence electrons. The zero-order valence-corrected chi connectivity index (χ0v) is 15.6. The van der Waals surface area contributed by atoms with Crippen LogP contribution in [-0.4, -0.2) is 58.1 Å². The van der Waals surface area contributed by atoms with Gasteiger partial charge in [0.25, 0.3) is 0 Å². The van der Waals surface area contributed by atoms with Gasteiger partial charge in [0.2, 0.25) is 0 Å². The number of hydrogen-bond donors (Lipinski definition) is 3. The van der Waals surface area contributed by atoms with Crippen LogP contribution in [0.5, 0.6) is 0 Å². The number of pyridine rings is 1. The molecule has 0 aliphatic carbocycles. The average Bonchev–Trinajstić information content (AvgIpc) is 2.66. The second-order valence-electron chi connectivity index (χ2n) is 6.84. The lowest BCUT2D eigenvalue weighted by molar-refractivity contribution is 0.178. The summed E-state index contributed by atoms with van der Waals surface area (Å²) >= 11 is 0. The number of aromatic nitrogens is 3. The highest BCUT2D eigenvalue weighted by molar-refractivity contribution is 5.94. The molecular weight excluding hydrogens is 340 g/mol. The van der Waals surface area contributed by atoms with Crippen LogP contribution in [0.4, 0.5) is 23.0 Å². The second-order valence-corrected chi connectivity index (χ2v) is 6.84. The van der Waals surface area contributed by atoms with Crippen molar-refractivity contribution in [3.05, 3.63) is 42.4 Å². The quantitative estimate of drug-likeness (QED) is 0.649. The highest BCUT2D eigenvalue weighted by Gasteiger charge is 2.16. The average molecular weight is 364 g/mol. The fourth-order valence-corrected chi connectivity index (χ4v) is 3.15. The molecule has 4 N–H and O–H groups in total. The van der Waals surface area contributed by atoms with Crippen molar-refractivity contribution in [2.24, 2.45) is 0 Å². The van der Waals surface area contributed by atoms with Crippen molar-refractivity contribution in [3.8, 4) is 0 Å². The van der Waals surface area contributed by atoms with Crippen LogP contribution in [-0.2, 0) is 0 Å². The van der Waals surface area contributed by atoms with E-state index >= 15 is 0 Å². The molecule has 27 heavy (non-hydrogen) atoms. The van der Waals surface area contributed by atoms with E-state index in [1.807, 2.05) is 31.2 Å². The molecule has 0 saturated carbocycles. The number of hydrazine groups is 1. The summed E-state index contributed by atoms with van der Waals surface area (Å²) in [5.41, 5.74) is 13.0. The van der Waals surface area contributed by atoms with Crippen molar-refractivity contribution >= 4 is 33.9 Å². The van der Waals surface area contributed by atoms with E-state index in [4.69, 9.17) is 5.73 Å². The Morgan fingerprint density at radius 2 is 1.78 bits per heavy atom. The van der Waals surface area contributed by atoms with Gasteiger partial charge in [0, 0.05) is 42.9 Å². The molecule has 1 aliphatic rings. The van der Waals surface area contributed by atoms with Gasteiger partial charge in [-0.1, -0.05) is 6.07 Å². The minimum atomic E-state index is 0.494. The van der Waals surface area contributed by atoms with Crippen LogP contribution in [0.1, 0.15) is 5.69 Å². The van der Waals surface area contributed by atoms with Crippen molar-refractivity contribution in [3.63, 3.8) is 0 Å². The van der Waals surface area contributed by atoms with Crippen LogP contribution in [0.2, 0.25) is 0 Å². The van der Waals surface area contributed by atoms with E-state index in [2.05, 4.69) is 48.7 Å².